The summed E-state index contributed by atoms with van der Waals surface area (Å²) in [5.74, 6) is 1.29. The molecule has 0 unspecified atom stereocenters. The highest BCUT2D eigenvalue weighted by Gasteiger charge is 2.08. The lowest BCUT2D eigenvalue weighted by atomic mass is 10.1. The van der Waals surface area contributed by atoms with Crippen molar-refractivity contribution in [1.29, 1.82) is 0 Å². The number of methoxy groups -OCH3 is 1. The zero-order valence-corrected chi connectivity index (χ0v) is 12.5. The highest BCUT2D eigenvalue weighted by molar-refractivity contribution is 5.94. The van der Waals surface area contributed by atoms with Crippen molar-refractivity contribution in [2.24, 2.45) is 0 Å². The summed E-state index contributed by atoms with van der Waals surface area (Å²) >= 11 is 0. The number of hydrogen-bond acceptors (Lipinski definition) is 3. The van der Waals surface area contributed by atoms with Crippen LogP contribution in [-0.2, 0) is 6.42 Å². The van der Waals surface area contributed by atoms with Gasteiger partial charge in [0.05, 0.1) is 13.7 Å². The summed E-state index contributed by atoms with van der Waals surface area (Å²) in [7, 11) is 1.58. The van der Waals surface area contributed by atoms with E-state index in [1.54, 1.807) is 25.3 Å². The van der Waals surface area contributed by atoms with Gasteiger partial charge in [-0.25, -0.2) is 0 Å². The van der Waals surface area contributed by atoms with Gasteiger partial charge in [0.2, 0.25) is 0 Å². The Morgan fingerprint density at radius 1 is 1.05 bits per heavy atom. The molecule has 2 aromatic carbocycles. The van der Waals surface area contributed by atoms with E-state index in [-0.39, 0.29) is 5.78 Å². The van der Waals surface area contributed by atoms with E-state index >= 15 is 0 Å². The van der Waals surface area contributed by atoms with Crippen molar-refractivity contribution in [3.05, 3.63) is 59.7 Å². The van der Waals surface area contributed by atoms with Gasteiger partial charge >= 0.3 is 0 Å². The second-order valence-electron chi connectivity index (χ2n) is 4.86. The lowest BCUT2D eigenvalue weighted by Crippen LogP contribution is -2.02. The predicted molar refractivity (Wildman–Crippen MR) is 83.3 cm³/mol. The van der Waals surface area contributed by atoms with E-state index in [0.717, 1.165) is 12.8 Å². The van der Waals surface area contributed by atoms with Crippen molar-refractivity contribution in [1.82, 2.24) is 0 Å². The molecule has 0 N–H and O–H groups in total. The molecule has 0 aliphatic heterocycles. The first-order valence-electron chi connectivity index (χ1n) is 7.06. The van der Waals surface area contributed by atoms with Gasteiger partial charge in [-0.1, -0.05) is 30.3 Å². The minimum atomic E-state index is 0.0175. The van der Waals surface area contributed by atoms with E-state index in [4.69, 9.17) is 9.47 Å². The van der Waals surface area contributed by atoms with Crippen molar-refractivity contribution in [3.63, 3.8) is 0 Å². The number of Topliss-reactive ketones (excluding diaryl/α,β-unsaturated/α-hetero) is 1. The van der Waals surface area contributed by atoms with Gasteiger partial charge in [-0.3, -0.25) is 4.79 Å². The third-order valence-electron chi connectivity index (χ3n) is 3.28. The molecule has 0 fully saturated rings. The van der Waals surface area contributed by atoms with Gasteiger partial charge in [-0.2, -0.15) is 0 Å². The van der Waals surface area contributed by atoms with Crippen LogP contribution in [0.5, 0.6) is 11.5 Å². The molecular formula is C18H20O3. The first-order valence-corrected chi connectivity index (χ1v) is 7.06. The maximum Gasteiger partial charge on any atom is 0.161 e. The van der Waals surface area contributed by atoms with Crippen LogP contribution in [0.4, 0.5) is 0 Å². The molecule has 0 amide bonds. The van der Waals surface area contributed by atoms with Gasteiger partial charge in [-0.15, -0.1) is 0 Å². The van der Waals surface area contributed by atoms with Crippen LogP contribution in [0.25, 0.3) is 0 Å². The number of ketones is 1. The molecule has 0 aromatic heterocycles. The van der Waals surface area contributed by atoms with E-state index in [2.05, 4.69) is 12.1 Å². The minimum absolute atomic E-state index is 0.0175. The van der Waals surface area contributed by atoms with Gasteiger partial charge in [0, 0.05) is 5.56 Å². The molecule has 0 radical (unpaired) electrons. The smallest absolute Gasteiger partial charge is 0.161 e. The minimum Gasteiger partial charge on any atom is -0.493 e. The molecule has 3 nitrogen and oxygen atoms in total. The molecule has 0 atom stereocenters. The summed E-state index contributed by atoms with van der Waals surface area (Å²) < 4.78 is 11.0. The maximum atomic E-state index is 11.3. The summed E-state index contributed by atoms with van der Waals surface area (Å²) in [6.45, 7) is 2.15. The fourth-order valence-corrected chi connectivity index (χ4v) is 2.11. The average Bonchev–Trinajstić information content (AvgIpc) is 2.52. The fraction of sp³-hybridized carbons (Fsp3) is 0.278. The van der Waals surface area contributed by atoms with Crippen LogP contribution in [0.2, 0.25) is 0 Å². The van der Waals surface area contributed by atoms with Gasteiger partial charge in [-0.05, 0) is 43.5 Å². The summed E-state index contributed by atoms with van der Waals surface area (Å²) in [5.41, 5.74) is 1.93. The largest absolute Gasteiger partial charge is 0.493 e. The summed E-state index contributed by atoms with van der Waals surface area (Å²) in [4.78, 5) is 11.3. The Balaban J connectivity index is 1.89. The van der Waals surface area contributed by atoms with E-state index in [9.17, 15) is 4.79 Å². The molecule has 0 heterocycles. The molecule has 2 rings (SSSR count). The number of hydrogen-bond donors (Lipinski definition) is 0. The molecular weight excluding hydrogens is 264 g/mol. The van der Waals surface area contributed by atoms with Crippen LogP contribution in [0, 0.1) is 0 Å². The van der Waals surface area contributed by atoms with E-state index in [0.29, 0.717) is 23.7 Å². The number of ether oxygens (including phenoxy) is 2. The van der Waals surface area contributed by atoms with Gasteiger partial charge in [0.25, 0.3) is 0 Å². The molecule has 3 heteroatoms. The highest BCUT2D eigenvalue weighted by Crippen LogP contribution is 2.28. The van der Waals surface area contributed by atoms with Gasteiger partial charge in [0.1, 0.15) is 0 Å². The second-order valence-corrected chi connectivity index (χ2v) is 4.86. The molecule has 0 aliphatic carbocycles. The third-order valence-corrected chi connectivity index (χ3v) is 3.28. The van der Waals surface area contributed by atoms with Crippen molar-refractivity contribution in [2.45, 2.75) is 19.8 Å². The molecule has 0 spiro atoms. The first-order chi connectivity index (χ1) is 10.2. The molecule has 0 saturated carbocycles. The van der Waals surface area contributed by atoms with Crippen molar-refractivity contribution in [3.8, 4) is 11.5 Å². The molecule has 2 aromatic rings. The van der Waals surface area contributed by atoms with Crippen LogP contribution in [0.1, 0.15) is 29.3 Å². The Bertz CT molecular complexity index is 591. The maximum absolute atomic E-state index is 11.3. The predicted octanol–water partition coefficient (Wildman–Crippen LogP) is 3.91. The number of rotatable bonds is 7. The quantitative estimate of drug-likeness (QED) is 0.571. The second kappa shape index (κ2) is 7.48. The zero-order valence-electron chi connectivity index (χ0n) is 12.5. The summed E-state index contributed by atoms with van der Waals surface area (Å²) in [6.07, 6.45) is 1.91. The average molecular weight is 284 g/mol. The molecule has 0 bridgehead atoms. The van der Waals surface area contributed by atoms with E-state index < -0.39 is 0 Å². The van der Waals surface area contributed by atoms with Crippen LogP contribution in [0.3, 0.4) is 0 Å². The molecule has 0 saturated heterocycles. The summed E-state index contributed by atoms with van der Waals surface area (Å²) in [6, 6.07) is 15.6. The number of carbonyl (C=O) groups excluding carboxylic acids is 1. The van der Waals surface area contributed by atoms with Crippen molar-refractivity contribution in [2.75, 3.05) is 13.7 Å². The SMILES string of the molecule is COc1cc(C(C)=O)ccc1OCCCc1ccccc1. The summed E-state index contributed by atoms with van der Waals surface area (Å²) in [5, 5.41) is 0. The lowest BCUT2D eigenvalue weighted by Gasteiger charge is -2.11. The molecule has 0 aliphatic rings. The van der Waals surface area contributed by atoms with E-state index in [1.165, 1.54) is 12.5 Å². The van der Waals surface area contributed by atoms with Crippen molar-refractivity contribution < 1.29 is 14.3 Å². The molecule has 21 heavy (non-hydrogen) atoms. The fourth-order valence-electron chi connectivity index (χ4n) is 2.11. The lowest BCUT2D eigenvalue weighted by molar-refractivity contribution is 0.101. The monoisotopic (exact) mass is 284 g/mol. The Hall–Kier alpha value is -2.29. The zero-order chi connectivity index (χ0) is 15.1. The highest BCUT2D eigenvalue weighted by atomic mass is 16.5. The van der Waals surface area contributed by atoms with Gasteiger partial charge < -0.3 is 9.47 Å². The third kappa shape index (κ3) is 4.35. The standard InChI is InChI=1S/C18H20O3/c1-14(19)16-10-11-17(18(13-16)20-2)21-12-6-9-15-7-4-3-5-8-15/h3-5,7-8,10-11,13H,6,9,12H2,1-2H3. The Kier molecular flexibility index (Phi) is 5.38. The molecule has 110 valence electrons. The van der Waals surface area contributed by atoms with E-state index in [1.807, 2.05) is 18.2 Å². The number of benzene rings is 2. The van der Waals surface area contributed by atoms with Crippen LogP contribution < -0.4 is 9.47 Å². The Labute approximate surface area is 125 Å². The van der Waals surface area contributed by atoms with Crippen LogP contribution in [0.15, 0.2) is 48.5 Å². The number of aryl methyl sites for hydroxylation is 1. The Morgan fingerprint density at radius 2 is 1.81 bits per heavy atom. The Morgan fingerprint density at radius 3 is 2.48 bits per heavy atom. The van der Waals surface area contributed by atoms with Crippen LogP contribution in [-0.4, -0.2) is 19.5 Å². The van der Waals surface area contributed by atoms with Crippen molar-refractivity contribution >= 4 is 5.78 Å². The van der Waals surface area contributed by atoms with Crippen LogP contribution >= 0.6 is 0 Å². The first kappa shape index (κ1) is 15.1. The van der Waals surface area contributed by atoms with Gasteiger partial charge in [0.15, 0.2) is 17.3 Å². The normalized spacial score (nSPS) is 10.2. The topological polar surface area (TPSA) is 35.5 Å². The number of carbonyl (C=O) groups is 1.